The first kappa shape index (κ1) is 22.2. The number of hydrogen-bond donors (Lipinski definition) is 2. The summed E-state index contributed by atoms with van der Waals surface area (Å²) < 4.78 is 15.8. The fourth-order valence-corrected chi connectivity index (χ4v) is 3.34. The Morgan fingerprint density at radius 2 is 1.90 bits per heavy atom. The van der Waals surface area contributed by atoms with Crippen molar-refractivity contribution >= 4 is 17.6 Å². The molecule has 0 aliphatic heterocycles. The molecule has 1 heterocycles. The van der Waals surface area contributed by atoms with Crippen molar-refractivity contribution in [2.24, 2.45) is 12.0 Å². The summed E-state index contributed by atoms with van der Waals surface area (Å²) in [5.41, 5.74) is 5.84. The minimum absolute atomic E-state index is 0.237. The quantitative estimate of drug-likeness (QED) is 0.478. The Labute approximate surface area is 182 Å². The van der Waals surface area contributed by atoms with Crippen LogP contribution in [0.5, 0.6) is 0 Å². The van der Waals surface area contributed by atoms with E-state index in [0.717, 1.165) is 28.2 Å². The second-order valence-electron chi connectivity index (χ2n) is 7.67. The van der Waals surface area contributed by atoms with Crippen molar-refractivity contribution in [1.29, 1.82) is 0 Å². The van der Waals surface area contributed by atoms with Crippen LogP contribution in [-0.2, 0) is 13.5 Å². The Morgan fingerprint density at radius 1 is 1.13 bits per heavy atom. The topological polar surface area (TPSA) is 71.3 Å². The summed E-state index contributed by atoms with van der Waals surface area (Å²) in [5, 5.41) is 10.4. The number of hydrogen-bond acceptors (Lipinski definition) is 3. The molecule has 3 rings (SSSR count). The molecule has 1 aromatic heterocycles. The van der Waals surface area contributed by atoms with Crippen molar-refractivity contribution in [2.45, 2.75) is 34.1 Å². The molecule has 2 aromatic carbocycles. The molecule has 0 aliphatic rings. The zero-order valence-electron chi connectivity index (χ0n) is 18.6. The third kappa shape index (κ3) is 5.57. The second-order valence-corrected chi connectivity index (χ2v) is 7.67. The number of anilines is 1. The molecular weight excluding hydrogens is 393 g/mol. The predicted molar refractivity (Wildman–Crippen MR) is 122 cm³/mol. The average Bonchev–Trinajstić information content (AvgIpc) is 2.95. The van der Waals surface area contributed by atoms with Gasteiger partial charge in [-0.15, -0.1) is 0 Å². The zero-order valence-corrected chi connectivity index (χ0v) is 18.6. The fraction of sp³-hybridized carbons (Fsp3) is 0.292. The highest BCUT2D eigenvalue weighted by Crippen LogP contribution is 2.14. The standard InChI is InChI=1S/C24H28FN5O/c1-15-7-6-8-20(13-15)27-24(26-12-11-21-17(3)29-30(5)18(21)4)28-23(31)19-10-9-16(2)22(25)14-19/h6-10,13-14H,11-12H2,1-5H3,(H2,26,27,28,31). The monoisotopic (exact) mass is 421 g/mol. The van der Waals surface area contributed by atoms with E-state index in [1.165, 1.54) is 6.07 Å². The summed E-state index contributed by atoms with van der Waals surface area (Å²) in [4.78, 5) is 17.3. The molecule has 0 atom stereocenters. The predicted octanol–water partition coefficient (Wildman–Crippen LogP) is 4.23. The van der Waals surface area contributed by atoms with E-state index in [1.54, 1.807) is 19.1 Å². The molecule has 6 nitrogen and oxygen atoms in total. The van der Waals surface area contributed by atoms with Crippen LogP contribution >= 0.6 is 0 Å². The number of amides is 1. The molecule has 1 amide bonds. The van der Waals surface area contributed by atoms with Gasteiger partial charge in [0.25, 0.3) is 5.91 Å². The lowest BCUT2D eigenvalue weighted by molar-refractivity contribution is 0.0976. The molecule has 0 bridgehead atoms. The Bertz CT molecular complexity index is 1130. The van der Waals surface area contributed by atoms with Crippen molar-refractivity contribution in [2.75, 3.05) is 11.9 Å². The van der Waals surface area contributed by atoms with Gasteiger partial charge in [-0.1, -0.05) is 18.2 Å². The van der Waals surface area contributed by atoms with Crippen LogP contribution < -0.4 is 10.6 Å². The van der Waals surface area contributed by atoms with Gasteiger partial charge in [-0.25, -0.2) is 4.39 Å². The summed E-state index contributed by atoms with van der Waals surface area (Å²) in [6, 6.07) is 12.2. The number of aliphatic imine (C=N–C) groups is 1. The molecule has 31 heavy (non-hydrogen) atoms. The Hall–Kier alpha value is -3.48. The van der Waals surface area contributed by atoms with Crippen LogP contribution in [0.15, 0.2) is 47.5 Å². The second kappa shape index (κ2) is 9.55. The number of rotatable bonds is 5. The molecule has 162 valence electrons. The fourth-order valence-electron chi connectivity index (χ4n) is 3.34. The van der Waals surface area contributed by atoms with Gasteiger partial charge in [0.2, 0.25) is 5.96 Å². The Morgan fingerprint density at radius 3 is 2.55 bits per heavy atom. The van der Waals surface area contributed by atoms with Gasteiger partial charge in [0.15, 0.2) is 0 Å². The maximum atomic E-state index is 13.9. The highest BCUT2D eigenvalue weighted by Gasteiger charge is 2.13. The van der Waals surface area contributed by atoms with E-state index >= 15 is 0 Å². The van der Waals surface area contributed by atoms with Gasteiger partial charge in [0.1, 0.15) is 5.82 Å². The molecule has 0 fully saturated rings. The Kier molecular flexibility index (Phi) is 6.84. The van der Waals surface area contributed by atoms with Crippen LogP contribution in [0.25, 0.3) is 0 Å². The maximum absolute atomic E-state index is 13.9. The van der Waals surface area contributed by atoms with E-state index in [1.807, 2.05) is 56.8 Å². The van der Waals surface area contributed by atoms with Crippen molar-refractivity contribution in [1.82, 2.24) is 15.1 Å². The molecule has 2 N–H and O–H groups in total. The summed E-state index contributed by atoms with van der Waals surface area (Å²) in [6.07, 6.45) is 0.694. The molecule has 0 spiro atoms. The summed E-state index contributed by atoms with van der Waals surface area (Å²) >= 11 is 0. The summed E-state index contributed by atoms with van der Waals surface area (Å²) in [6.45, 7) is 8.11. The number of aryl methyl sites for hydroxylation is 4. The van der Waals surface area contributed by atoms with Crippen LogP contribution in [0.4, 0.5) is 10.1 Å². The largest absolute Gasteiger partial charge is 0.326 e. The molecule has 0 saturated heterocycles. The first-order chi connectivity index (χ1) is 14.7. The van der Waals surface area contributed by atoms with E-state index in [-0.39, 0.29) is 5.56 Å². The van der Waals surface area contributed by atoms with Crippen LogP contribution in [0, 0.1) is 33.5 Å². The first-order valence-corrected chi connectivity index (χ1v) is 10.2. The smallest absolute Gasteiger partial charge is 0.258 e. The molecule has 0 radical (unpaired) electrons. The van der Waals surface area contributed by atoms with Gasteiger partial charge in [0.05, 0.1) is 5.69 Å². The lowest BCUT2D eigenvalue weighted by Gasteiger charge is -2.13. The van der Waals surface area contributed by atoms with E-state index in [4.69, 9.17) is 0 Å². The lowest BCUT2D eigenvalue weighted by atomic mass is 10.1. The zero-order chi connectivity index (χ0) is 22.5. The van der Waals surface area contributed by atoms with E-state index in [9.17, 15) is 9.18 Å². The third-order valence-corrected chi connectivity index (χ3v) is 5.24. The minimum Gasteiger partial charge on any atom is -0.326 e. The lowest BCUT2D eigenvalue weighted by Crippen LogP contribution is -2.36. The van der Waals surface area contributed by atoms with Crippen LogP contribution in [0.1, 0.15) is 38.4 Å². The van der Waals surface area contributed by atoms with E-state index in [2.05, 4.69) is 20.7 Å². The number of nitrogens with zero attached hydrogens (tertiary/aromatic N) is 3. The Balaban J connectivity index is 1.80. The molecule has 0 saturated carbocycles. The van der Waals surface area contributed by atoms with Crippen LogP contribution in [-0.4, -0.2) is 28.2 Å². The highest BCUT2D eigenvalue weighted by molar-refractivity contribution is 6.10. The first-order valence-electron chi connectivity index (χ1n) is 10.2. The van der Waals surface area contributed by atoms with E-state index < -0.39 is 11.7 Å². The van der Waals surface area contributed by atoms with Gasteiger partial charge in [-0.05, 0) is 75.1 Å². The molecule has 3 aromatic rings. The van der Waals surface area contributed by atoms with Gasteiger partial charge < -0.3 is 5.32 Å². The van der Waals surface area contributed by atoms with Crippen LogP contribution in [0.3, 0.4) is 0 Å². The van der Waals surface area contributed by atoms with Gasteiger partial charge in [0, 0.05) is 30.5 Å². The third-order valence-electron chi connectivity index (χ3n) is 5.24. The summed E-state index contributed by atoms with van der Waals surface area (Å²) in [5.74, 6) is -0.525. The van der Waals surface area contributed by atoms with Crippen molar-refractivity contribution < 1.29 is 9.18 Å². The van der Waals surface area contributed by atoms with Crippen LogP contribution in [0.2, 0.25) is 0 Å². The number of nitrogens with one attached hydrogen (secondary N) is 2. The molecule has 0 unspecified atom stereocenters. The summed E-state index contributed by atoms with van der Waals surface area (Å²) in [7, 11) is 1.92. The number of aromatic nitrogens is 2. The van der Waals surface area contributed by atoms with Gasteiger partial charge in [-0.2, -0.15) is 5.10 Å². The van der Waals surface area contributed by atoms with Gasteiger partial charge >= 0.3 is 0 Å². The number of guanidine groups is 1. The molecule has 7 heteroatoms. The van der Waals surface area contributed by atoms with Crippen molar-refractivity contribution in [3.8, 4) is 0 Å². The minimum atomic E-state index is -0.424. The van der Waals surface area contributed by atoms with Crippen molar-refractivity contribution in [3.05, 3.63) is 81.9 Å². The number of carbonyl (C=O) groups is 1. The number of halogens is 1. The number of benzene rings is 2. The molecular formula is C24H28FN5O. The normalized spacial score (nSPS) is 11.5. The SMILES string of the molecule is Cc1cccc(NC(=NCCc2c(C)nn(C)c2C)NC(=O)c2ccc(C)c(F)c2)c1. The van der Waals surface area contributed by atoms with Crippen molar-refractivity contribution in [3.63, 3.8) is 0 Å². The average molecular weight is 422 g/mol. The number of carbonyl (C=O) groups excluding carboxylic acids is 1. The van der Waals surface area contributed by atoms with E-state index in [0.29, 0.717) is 24.5 Å². The van der Waals surface area contributed by atoms with Gasteiger partial charge in [-0.3, -0.25) is 19.8 Å². The maximum Gasteiger partial charge on any atom is 0.258 e. The molecule has 0 aliphatic carbocycles. The highest BCUT2D eigenvalue weighted by atomic mass is 19.1.